The number of esters is 1. The molecule has 0 aromatic carbocycles. The van der Waals surface area contributed by atoms with Crippen LogP contribution in [-0.4, -0.2) is 142 Å². The van der Waals surface area contributed by atoms with Crippen molar-refractivity contribution in [3.8, 4) is 0 Å². The van der Waals surface area contributed by atoms with Crippen molar-refractivity contribution in [3.05, 3.63) is 60.8 Å². The van der Waals surface area contributed by atoms with Crippen LogP contribution in [0.25, 0.3) is 0 Å². The summed E-state index contributed by atoms with van der Waals surface area (Å²) in [5, 5.41) is 72.2. The Labute approximate surface area is 415 Å². The summed E-state index contributed by atoms with van der Waals surface area (Å²) in [5.74, 6) is -0.391. The van der Waals surface area contributed by atoms with E-state index in [4.69, 9.17) is 28.4 Å². The van der Waals surface area contributed by atoms with E-state index in [-0.39, 0.29) is 19.6 Å². The van der Waals surface area contributed by atoms with Gasteiger partial charge in [0, 0.05) is 13.0 Å². The molecule has 11 atom stereocenters. The first-order valence-electron chi connectivity index (χ1n) is 26.9. The lowest BCUT2D eigenvalue weighted by molar-refractivity contribution is -0.332. The van der Waals surface area contributed by atoms with E-state index in [0.717, 1.165) is 70.6 Å². The third-order valence-corrected chi connectivity index (χ3v) is 12.5. The van der Waals surface area contributed by atoms with Crippen LogP contribution in [0, 0.1) is 0 Å². The van der Waals surface area contributed by atoms with Gasteiger partial charge in [0.05, 0.1) is 26.4 Å². The lowest BCUT2D eigenvalue weighted by Crippen LogP contribution is -2.61. The molecule has 2 aliphatic heterocycles. The summed E-state index contributed by atoms with van der Waals surface area (Å²) >= 11 is 0. The van der Waals surface area contributed by atoms with Gasteiger partial charge in [-0.15, -0.1) is 0 Å². The summed E-state index contributed by atoms with van der Waals surface area (Å²) in [6.07, 6.45) is 34.3. The van der Waals surface area contributed by atoms with Gasteiger partial charge in [0.25, 0.3) is 0 Å². The monoisotopic (exact) mass is 981 g/mol. The molecule has 0 aliphatic carbocycles. The first kappa shape index (κ1) is 62.8. The Morgan fingerprint density at radius 1 is 0.493 bits per heavy atom. The maximum Gasteiger partial charge on any atom is 0.306 e. The normalized spacial score (nSPS) is 26.2. The largest absolute Gasteiger partial charge is 0.457 e. The predicted molar refractivity (Wildman–Crippen MR) is 270 cm³/mol. The highest BCUT2D eigenvalue weighted by Crippen LogP contribution is 2.26. The van der Waals surface area contributed by atoms with E-state index >= 15 is 0 Å². The number of carbonyl (C=O) groups is 1. The van der Waals surface area contributed by atoms with Crippen molar-refractivity contribution in [3.63, 3.8) is 0 Å². The third-order valence-electron chi connectivity index (χ3n) is 12.5. The number of rotatable bonds is 42. The zero-order valence-electron chi connectivity index (χ0n) is 42.5. The average molecular weight is 981 g/mol. The van der Waals surface area contributed by atoms with E-state index in [1.807, 2.05) is 0 Å². The molecular weight excluding hydrogens is 885 g/mol. The first-order valence-corrected chi connectivity index (χ1v) is 26.9. The van der Waals surface area contributed by atoms with Gasteiger partial charge in [-0.3, -0.25) is 4.79 Å². The molecule has 0 aromatic rings. The number of aliphatic hydroxyl groups is 7. The van der Waals surface area contributed by atoms with Gasteiger partial charge >= 0.3 is 5.97 Å². The van der Waals surface area contributed by atoms with Crippen LogP contribution in [0.3, 0.4) is 0 Å². The Morgan fingerprint density at radius 2 is 0.942 bits per heavy atom. The minimum atomic E-state index is -1.72. The van der Waals surface area contributed by atoms with Crippen molar-refractivity contribution >= 4 is 5.97 Å². The van der Waals surface area contributed by atoms with Gasteiger partial charge in [-0.1, -0.05) is 177 Å². The van der Waals surface area contributed by atoms with E-state index in [2.05, 4.69) is 74.6 Å². The van der Waals surface area contributed by atoms with Crippen molar-refractivity contribution in [2.75, 3.05) is 33.0 Å². The third kappa shape index (κ3) is 29.7. The maximum atomic E-state index is 13.0. The molecule has 2 rings (SSSR count). The molecule has 14 nitrogen and oxygen atoms in total. The zero-order chi connectivity index (χ0) is 50.2. The van der Waals surface area contributed by atoms with Gasteiger partial charge in [-0.2, -0.15) is 0 Å². The molecule has 0 bridgehead atoms. The number of hydrogen-bond acceptors (Lipinski definition) is 14. The SMILES string of the molecule is CC/C=C\C/C=C\C/C=C\C/C=C\C/C=C\CCCCOCC(COC1OC(COC2OC(CO)C(O)C(O)C2O)C(O)C(O)C1O)OC(=O)CCCCCCCCCCCCCCCCCCC. The van der Waals surface area contributed by atoms with Crippen molar-refractivity contribution < 1.29 is 69.0 Å². The van der Waals surface area contributed by atoms with Crippen LogP contribution in [0.5, 0.6) is 0 Å². The van der Waals surface area contributed by atoms with Gasteiger partial charge in [0.2, 0.25) is 0 Å². The molecule has 0 radical (unpaired) electrons. The van der Waals surface area contributed by atoms with Crippen LogP contribution in [0.2, 0.25) is 0 Å². The first-order chi connectivity index (χ1) is 33.6. The molecule has 400 valence electrons. The Bertz CT molecular complexity index is 1370. The van der Waals surface area contributed by atoms with Crippen molar-refractivity contribution in [2.24, 2.45) is 0 Å². The van der Waals surface area contributed by atoms with Gasteiger partial charge in [0.1, 0.15) is 54.9 Å². The quantitative estimate of drug-likeness (QED) is 0.0174. The molecule has 0 aromatic heterocycles. The lowest BCUT2D eigenvalue weighted by Gasteiger charge is -2.42. The molecular formula is C55H96O14. The van der Waals surface area contributed by atoms with Crippen LogP contribution in [0.15, 0.2) is 60.8 Å². The summed E-state index contributed by atoms with van der Waals surface area (Å²) in [6, 6.07) is 0. The second-order valence-corrected chi connectivity index (χ2v) is 18.7. The van der Waals surface area contributed by atoms with Crippen molar-refractivity contribution in [1.29, 1.82) is 0 Å². The number of carbonyl (C=O) groups excluding carboxylic acids is 1. The van der Waals surface area contributed by atoms with Crippen molar-refractivity contribution in [2.45, 2.75) is 248 Å². The fourth-order valence-electron chi connectivity index (χ4n) is 8.19. The van der Waals surface area contributed by atoms with Crippen LogP contribution < -0.4 is 0 Å². The van der Waals surface area contributed by atoms with E-state index < -0.39 is 86.7 Å². The van der Waals surface area contributed by atoms with Crippen molar-refractivity contribution in [1.82, 2.24) is 0 Å². The highest BCUT2D eigenvalue weighted by Gasteiger charge is 2.47. The van der Waals surface area contributed by atoms with E-state index in [1.54, 1.807) is 0 Å². The van der Waals surface area contributed by atoms with Gasteiger partial charge in [0.15, 0.2) is 12.6 Å². The number of hydrogen-bond donors (Lipinski definition) is 7. The molecule has 2 aliphatic rings. The highest BCUT2D eigenvalue weighted by molar-refractivity contribution is 5.69. The Kier molecular flexibility index (Phi) is 38.4. The summed E-state index contributed by atoms with van der Waals surface area (Å²) in [6.45, 7) is 3.47. The number of allylic oxidation sites excluding steroid dienone is 10. The summed E-state index contributed by atoms with van der Waals surface area (Å²) < 4.78 is 34.3. The molecule has 0 spiro atoms. The summed E-state index contributed by atoms with van der Waals surface area (Å²) in [5.41, 5.74) is 0. The van der Waals surface area contributed by atoms with E-state index in [0.29, 0.717) is 13.0 Å². The van der Waals surface area contributed by atoms with Gasteiger partial charge in [-0.05, 0) is 57.8 Å². The Hall–Kier alpha value is -2.31. The minimum Gasteiger partial charge on any atom is -0.457 e. The molecule has 69 heavy (non-hydrogen) atoms. The second-order valence-electron chi connectivity index (χ2n) is 18.7. The van der Waals surface area contributed by atoms with Crippen LogP contribution >= 0.6 is 0 Å². The highest BCUT2D eigenvalue weighted by atomic mass is 16.7. The number of aliphatic hydroxyl groups excluding tert-OH is 7. The van der Waals surface area contributed by atoms with E-state index in [9.17, 15) is 40.5 Å². The summed E-state index contributed by atoms with van der Waals surface area (Å²) in [4.78, 5) is 13.0. The van der Waals surface area contributed by atoms with E-state index in [1.165, 1.54) is 83.5 Å². The zero-order valence-corrected chi connectivity index (χ0v) is 42.5. The fourth-order valence-corrected chi connectivity index (χ4v) is 8.19. The van der Waals surface area contributed by atoms with Crippen LogP contribution in [0.4, 0.5) is 0 Å². The average Bonchev–Trinajstić information content (AvgIpc) is 3.35. The molecule has 2 fully saturated rings. The number of unbranched alkanes of at least 4 members (excludes halogenated alkanes) is 18. The predicted octanol–water partition coefficient (Wildman–Crippen LogP) is 8.52. The molecule has 2 heterocycles. The molecule has 7 N–H and O–H groups in total. The van der Waals surface area contributed by atoms with Crippen LogP contribution in [0.1, 0.15) is 181 Å². The minimum absolute atomic E-state index is 0.0318. The molecule has 14 heteroatoms. The number of ether oxygens (including phenoxy) is 6. The maximum absolute atomic E-state index is 13.0. The molecule has 2 saturated heterocycles. The standard InChI is InChI=1S/C55H96O14/c1-3-5-7-9-11-13-15-17-19-21-23-25-27-29-31-33-35-37-39-64-41-44(67-47(57)38-36-34-32-30-28-26-24-22-20-18-16-14-12-10-8-6-4-2)42-65-54-53(63)51(61)49(59)46(69-54)43-66-55-52(62)50(60)48(58)45(40-56)68-55/h5,7,11,13,17,19,23,25,29,31,44-46,48-56,58-63H,3-4,6,8-10,12,14-16,18,20-22,24,26-28,30,32-43H2,1-2H3/b7-5-,13-11-,19-17-,25-23-,31-29-. The molecule has 0 saturated carbocycles. The van der Waals surface area contributed by atoms with Gasteiger partial charge in [-0.25, -0.2) is 0 Å². The summed E-state index contributed by atoms with van der Waals surface area (Å²) in [7, 11) is 0. The molecule has 0 amide bonds. The lowest BCUT2D eigenvalue weighted by atomic mass is 9.98. The smallest absolute Gasteiger partial charge is 0.306 e. The Balaban J connectivity index is 1.77. The topological polar surface area (TPSA) is 214 Å². The van der Waals surface area contributed by atoms with Crippen LogP contribution in [-0.2, 0) is 33.2 Å². The second kappa shape index (κ2) is 42.2. The van der Waals surface area contributed by atoms with Gasteiger partial charge < -0.3 is 64.2 Å². The fraction of sp³-hybridized carbons (Fsp3) is 0.800. The Morgan fingerprint density at radius 3 is 1.45 bits per heavy atom. The molecule has 11 unspecified atom stereocenters.